The third kappa shape index (κ3) is 3.16. The van der Waals surface area contributed by atoms with Gasteiger partial charge in [0.2, 0.25) is 0 Å². The van der Waals surface area contributed by atoms with E-state index in [1.54, 1.807) is 36.5 Å². The van der Waals surface area contributed by atoms with Gasteiger partial charge in [-0.1, -0.05) is 35.9 Å². The molecule has 0 atom stereocenters. The van der Waals surface area contributed by atoms with E-state index >= 15 is 0 Å². The Morgan fingerprint density at radius 3 is 2.35 bits per heavy atom. The monoisotopic (exact) mass is 453 g/mol. The van der Waals surface area contributed by atoms with E-state index in [9.17, 15) is 8.42 Å². The highest BCUT2D eigenvalue weighted by atomic mass is 79.9. The predicted octanol–water partition coefficient (Wildman–Crippen LogP) is 5.27. The minimum Gasteiger partial charge on any atom is -0.241 e. The number of fused-ring (bicyclic) bond motifs is 1. The summed E-state index contributed by atoms with van der Waals surface area (Å²) in [6, 6.07) is 14.3. The SMILES string of the molecule is Cc1ccc(S(=O)(=O)n2cc(C=C(Br)Br)c3ccccc32)cc1. The molecule has 0 saturated carbocycles. The Labute approximate surface area is 151 Å². The van der Waals surface area contributed by atoms with E-state index in [2.05, 4.69) is 31.9 Å². The molecule has 0 unspecified atom stereocenters. The van der Waals surface area contributed by atoms with E-state index < -0.39 is 10.0 Å². The largest absolute Gasteiger partial charge is 0.268 e. The molecule has 2 aromatic carbocycles. The van der Waals surface area contributed by atoms with Crippen LogP contribution < -0.4 is 0 Å². The lowest BCUT2D eigenvalue weighted by Gasteiger charge is -2.07. The maximum Gasteiger partial charge on any atom is 0.268 e. The quantitative estimate of drug-likeness (QED) is 0.540. The van der Waals surface area contributed by atoms with Gasteiger partial charge in [0.05, 0.1) is 13.8 Å². The average Bonchev–Trinajstić information content (AvgIpc) is 2.87. The van der Waals surface area contributed by atoms with Crippen LogP contribution in [0.4, 0.5) is 0 Å². The molecular formula is C17H13Br2NO2S. The Morgan fingerprint density at radius 2 is 1.70 bits per heavy atom. The van der Waals surface area contributed by atoms with Crippen molar-refractivity contribution in [1.82, 2.24) is 3.97 Å². The Morgan fingerprint density at radius 1 is 1.04 bits per heavy atom. The summed E-state index contributed by atoms with van der Waals surface area (Å²) in [5.41, 5.74) is 2.49. The Kier molecular flexibility index (Phi) is 4.49. The Hall–Kier alpha value is -1.37. The smallest absolute Gasteiger partial charge is 0.241 e. The Bertz CT molecular complexity index is 999. The first kappa shape index (κ1) is 16.5. The van der Waals surface area contributed by atoms with E-state index in [0.29, 0.717) is 5.52 Å². The highest BCUT2D eigenvalue weighted by molar-refractivity contribution is 9.28. The number of benzene rings is 2. The number of rotatable bonds is 3. The van der Waals surface area contributed by atoms with Crippen LogP contribution in [0.2, 0.25) is 0 Å². The zero-order valence-corrected chi connectivity index (χ0v) is 16.2. The van der Waals surface area contributed by atoms with Crippen LogP contribution >= 0.6 is 31.9 Å². The summed E-state index contributed by atoms with van der Waals surface area (Å²) >= 11 is 6.66. The number of nitrogens with zero attached hydrogens (tertiary/aromatic N) is 1. The first-order valence-electron chi connectivity index (χ1n) is 6.84. The fourth-order valence-corrected chi connectivity index (χ4v) is 4.30. The molecule has 0 aliphatic heterocycles. The minimum absolute atomic E-state index is 0.275. The molecule has 3 aromatic rings. The van der Waals surface area contributed by atoms with Crippen LogP contribution in [0.25, 0.3) is 17.0 Å². The van der Waals surface area contributed by atoms with Crippen molar-refractivity contribution >= 4 is 58.9 Å². The van der Waals surface area contributed by atoms with Crippen molar-refractivity contribution in [3.8, 4) is 0 Å². The summed E-state index contributed by atoms with van der Waals surface area (Å²) in [5, 5.41) is 0.875. The van der Waals surface area contributed by atoms with Crippen molar-refractivity contribution in [2.24, 2.45) is 0 Å². The summed E-state index contributed by atoms with van der Waals surface area (Å²) in [6.45, 7) is 1.93. The first-order chi connectivity index (χ1) is 10.9. The van der Waals surface area contributed by atoms with Crippen LogP contribution in [0, 0.1) is 6.92 Å². The molecule has 0 N–H and O–H groups in total. The van der Waals surface area contributed by atoms with E-state index in [1.807, 2.05) is 31.2 Å². The standard InChI is InChI=1S/C17H13Br2NO2S/c1-12-6-8-14(9-7-12)23(21,22)20-11-13(10-17(18)19)15-4-2-3-5-16(15)20/h2-11H,1H3. The summed E-state index contributed by atoms with van der Waals surface area (Å²) in [4.78, 5) is 0.275. The third-order valence-corrected chi connectivity index (χ3v) is 5.70. The fraction of sp³-hybridized carbons (Fsp3) is 0.0588. The molecule has 3 nitrogen and oxygen atoms in total. The highest BCUT2D eigenvalue weighted by Gasteiger charge is 2.20. The molecule has 0 fully saturated rings. The second kappa shape index (κ2) is 6.26. The van der Waals surface area contributed by atoms with Gasteiger partial charge in [0.25, 0.3) is 10.0 Å². The maximum absolute atomic E-state index is 13.0. The van der Waals surface area contributed by atoms with Crippen molar-refractivity contribution in [3.63, 3.8) is 0 Å². The molecule has 0 aliphatic carbocycles. The molecule has 23 heavy (non-hydrogen) atoms. The molecule has 0 saturated heterocycles. The van der Waals surface area contributed by atoms with E-state index in [0.717, 1.165) is 19.9 Å². The van der Waals surface area contributed by atoms with Gasteiger partial charge in [-0.05, 0) is 63.1 Å². The number of hydrogen-bond donors (Lipinski definition) is 0. The van der Waals surface area contributed by atoms with E-state index in [1.165, 1.54) is 3.97 Å². The van der Waals surface area contributed by atoms with Gasteiger partial charge in [-0.25, -0.2) is 12.4 Å². The van der Waals surface area contributed by atoms with Crippen molar-refractivity contribution < 1.29 is 8.42 Å². The van der Waals surface area contributed by atoms with Gasteiger partial charge < -0.3 is 0 Å². The van der Waals surface area contributed by atoms with Gasteiger partial charge >= 0.3 is 0 Å². The van der Waals surface area contributed by atoms with Crippen molar-refractivity contribution in [1.29, 1.82) is 0 Å². The lowest BCUT2D eigenvalue weighted by Crippen LogP contribution is -2.11. The number of hydrogen-bond acceptors (Lipinski definition) is 2. The van der Waals surface area contributed by atoms with Gasteiger partial charge in [-0.3, -0.25) is 0 Å². The first-order valence-corrected chi connectivity index (χ1v) is 9.87. The fourth-order valence-electron chi connectivity index (χ4n) is 2.43. The Balaban J connectivity index is 2.27. The summed E-state index contributed by atoms with van der Waals surface area (Å²) in [7, 11) is -3.64. The van der Waals surface area contributed by atoms with Crippen molar-refractivity contribution in [2.45, 2.75) is 11.8 Å². The van der Waals surface area contributed by atoms with Crippen molar-refractivity contribution in [3.05, 3.63) is 69.2 Å². The van der Waals surface area contributed by atoms with Crippen LogP contribution in [0.3, 0.4) is 0 Å². The molecule has 0 amide bonds. The normalized spacial score (nSPS) is 11.6. The minimum atomic E-state index is -3.64. The van der Waals surface area contributed by atoms with Crippen LogP contribution in [-0.4, -0.2) is 12.4 Å². The van der Waals surface area contributed by atoms with Gasteiger partial charge in [0, 0.05) is 17.1 Å². The second-order valence-corrected chi connectivity index (χ2v) is 9.74. The molecule has 0 spiro atoms. The molecule has 118 valence electrons. The average molecular weight is 455 g/mol. The molecule has 1 aromatic heterocycles. The van der Waals surface area contributed by atoms with Gasteiger partial charge in [0.15, 0.2) is 0 Å². The molecular weight excluding hydrogens is 442 g/mol. The van der Waals surface area contributed by atoms with Crippen LogP contribution in [0.1, 0.15) is 11.1 Å². The topological polar surface area (TPSA) is 39.1 Å². The molecule has 1 heterocycles. The molecule has 0 radical (unpaired) electrons. The summed E-state index contributed by atoms with van der Waals surface area (Å²) < 4.78 is 28.0. The molecule has 0 bridgehead atoms. The van der Waals surface area contributed by atoms with Crippen LogP contribution in [-0.2, 0) is 10.0 Å². The molecule has 3 rings (SSSR count). The zero-order valence-electron chi connectivity index (χ0n) is 12.2. The van der Waals surface area contributed by atoms with Crippen molar-refractivity contribution in [2.75, 3.05) is 0 Å². The van der Waals surface area contributed by atoms with Crippen LogP contribution in [0.5, 0.6) is 0 Å². The lowest BCUT2D eigenvalue weighted by molar-refractivity contribution is 0.589. The second-order valence-electron chi connectivity index (χ2n) is 5.15. The number of aryl methyl sites for hydroxylation is 1. The number of para-hydroxylation sites is 1. The van der Waals surface area contributed by atoms with Crippen LogP contribution in [0.15, 0.2) is 63.0 Å². The summed E-state index contributed by atoms with van der Waals surface area (Å²) in [6.07, 6.45) is 3.48. The summed E-state index contributed by atoms with van der Waals surface area (Å²) in [5.74, 6) is 0. The number of halogens is 2. The van der Waals surface area contributed by atoms with Gasteiger partial charge in [0.1, 0.15) is 0 Å². The molecule has 0 aliphatic rings. The lowest BCUT2D eigenvalue weighted by atomic mass is 10.2. The van der Waals surface area contributed by atoms with Gasteiger partial charge in [-0.15, -0.1) is 0 Å². The third-order valence-electron chi connectivity index (χ3n) is 3.55. The maximum atomic E-state index is 13.0. The highest BCUT2D eigenvalue weighted by Crippen LogP contribution is 2.29. The van der Waals surface area contributed by atoms with E-state index in [4.69, 9.17) is 0 Å². The number of aromatic nitrogens is 1. The van der Waals surface area contributed by atoms with E-state index in [-0.39, 0.29) is 4.90 Å². The zero-order chi connectivity index (χ0) is 16.6. The predicted molar refractivity (Wildman–Crippen MR) is 102 cm³/mol. The molecule has 6 heteroatoms. The van der Waals surface area contributed by atoms with Gasteiger partial charge in [-0.2, -0.15) is 0 Å².